The molecular weight excluding hydrogens is 239 g/mol. The number of rotatable bonds is 3. The number of H-pyrrole nitrogens is 1. The van der Waals surface area contributed by atoms with Crippen molar-refractivity contribution >= 4 is 5.97 Å². The molecule has 0 aliphatic heterocycles. The molecule has 0 aromatic carbocycles. The summed E-state index contributed by atoms with van der Waals surface area (Å²) < 4.78 is 62.0. The summed E-state index contributed by atoms with van der Waals surface area (Å²) in [5.41, 5.74) is -2.70. The highest BCUT2D eigenvalue weighted by Gasteiger charge is 2.41. The number of carboxylic acids is 1. The zero-order chi connectivity index (χ0) is 12.6. The average molecular weight is 244 g/mol. The van der Waals surface area contributed by atoms with Crippen LogP contribution in [0.5, 0.6) is 0 Å². The molecule has 0 amide bonds. The van der Waals surface area contributed by atoms with Crippen molar-refractivity contribution in [2.45, 2.75) is 18.5 Å². The van der Waals surface area contributed by atoms with Gasteiger partial charge in [0.25, 0.3) is 0 Å². The van der Waals surface area contributed by atoms with Crippen LogP contribution in [0.15, 0.2) is 6.07 Å². The molecule has 0 radical (unpaired) electrons. The van der Waals surface area contributed by atoms with Crippen LogP contribution in [0.4, 0.5) is 22.0 Å². The maximum Gasteiger partial charge on any atom is 0.432 e. The van der Waals surface area contributed by atoms with Crippen LogP contribution in [0.1, 0.15) is 17.8 Å². The van der Waals surface area contributed by atoms with Crippen molar-refractivity contribution in [3.05, 3.63) is 17.5 Å². The Labute approximate surface area is 85.1 Å². The van der Waals surface area contributed by atoms with Gasteiger partial charge in [-0.3, -0.25) is 9.89 Å². The number of carbonyl (C=O) groups is 1. The number of nitrogens with one attached hydrogen (secondary N) is 1. The van der Waals surface area contributed by atoms with Crippen LogP contribution in [0.3, 0.4) is 0 Å². The summed E-state index contributed by atoms with van der Waals surface area (Å²) in [5, 5.41) is 12.3. The first-order chi connectivity index (χ1) is 7.13. The summed E-state index contributed by atoms with van der Waals surface area (Å²) in [6, 6.07) is 0.0862. The van der Waals surface area contributed by atoms with E-state index in [1.54, 1.807) is 0 Å². The Hall–Kier alpha value is -1.67. The van der Waals surface area contributed by atoms with Gasteiger partial charge in [-0.15, -0.1) is 0 Å². The molecule has 0 atom stereocenters. The smallest absolute Gasteiger partial charge is 0.432 e. The van der Waals surface area contributed by atoms with E-state index in [1.165, 1.54) is 5.10 Å². The fraction of sp³-hybridized carbons (Fsp3) is 0.429. The fourth-order valence-corrected chi connectivity index (χ4v) is 0.935. The summed E-state index contributed by atoms with van der Waals surface area (Å²) in [5.74, 6) is -5.77. The highest BCUT2D eigenvalue weighted by atomic mass is 19.4. The van der Waals surface area contributed by atoms with Crippen molar-refractivity contribution in [1.82, 2.24) is 10.2 Å². The third-order valence-electron chi connectivity index (χ3n) is 1.63. The highest BCUT2D eigenvalue weighted by molar-refractivity contribution is 5.68. The molecule has 90 valence electrons. The minimum atomic E-state index is -4.83. The van der Waals surface area contributed by atoms with Gasteiger partial charge in [0.05, 0.1) is 0 Å². The summed E-state index contributed by atoms with van der Waals surface area (Å²) in [6.07, 6.45) is -6.44. The van der Waals surface area contributed by atoms with Gasteiger partial charge >= 0.3 is 18.1 Å². The summed E-state index contributed by atoms with van der Waals surface area (Å²) in [7, 11) is 0. The summed E-state index contributed by atoms with van der Waals surface area (Å²) in [6.45, 7) is 0. The molecular formula is C7H5F5N2O2. The van der Waals surface area contributed by atoms with Crippen molar-refractivity contribution in [3.8, 4) is 0 Å². The lowest BCUT2D eigenvalue weighted by Crippen LogP contribution is -2.19. The van der Waals surface area contributed by atoms with E-state index >= 15 is 0 Å². The minimum absolute atomic E-state index is 0.0862. The van der Waals surface area contributed by atoms with Crippen LogP contribution < -0.4 is 0 Å². The van der Waals surface area contributed by atoms with Crippen LogP contribution in [0.2, 0.25) is 0 Å². The first kappa shape index (κ1) is 12.4. The topological polar surface area (TPSA) is 66.0 Å². The van der Waals surface area contributed by atoms with E-state index in [0.717, 1.165) is 0 Å². The molecule has 0 fully saturated rings. The predicted octanol–water partition coefficient (Wildman–Crippen LogP) is 1.99. The zero-order valence-corrected chi connectivity index (χ0v) is 7.48. The van der Waals surface area contributed by atoms with E-state index in [-0.39, 0.29) is 6.07 Å². The Bertz CT molecular complexity index is 398. The number of hydrogen-bond donors (Lipinski definition) is 2. The minimum Gasteiger partial charge on any atom is -0.481 e. The van der Waals surface area contributed by atoms with Crippen LogP contribution in [-0.2, 0) is 16.9 Å². The third-order valence-corrected chi connectivity index (χ3v) is 1.63. The zero-order valence-electron chi connectivity index (χ0n) is 7.48. The van der Waals surface area contributed by atoms with Crippen LogP contribution in [0.25, 0.3) is 0 Å². The van der Waals surface area contributed by atoms with Crippen LogP contribution >= 0.6 is 0 Å². The predicted molar refractivity (Wildman–Crippen MR) is 39.7 cm³/mol. The molecule has 2 N–H and O–H groups in total. The summed E-state index contributed by atoms with van der Waals surface area (Å²) in [4.78, 5) is 10.1. The number of aromatic nitrogens is 2. The van der Waals surface area contributed by atoms with E-state index in [9.17, 15) is 26.7 Å². The summed E-state index contributed by atoms with van der Waals surface area (Å²) >= 11 is 0. The molecule has 1 rings (SSSR count). The molecule has 1 heterocycles. The molecule has 0 aliphatic rings. The molecule has 1 aromatic rings. The van der Waals surface area contributed by atoms with Crippen molar-refractivity contribution in [2.24, 2.45) is 0 Å². The van der Waals surface area contributed by atoms with Gasteiger partial charge in [-0.2, -0.15) is 27.1 Å². The quantitative estimate of drug-likeness (QED) is 0.799. The van der Waals surface area contributed by atoms with Crippen LogP contribution in [0, 0.1) is 0 Å². The second-order valence-corrected chi connectivity index (χ2v) is 2.94. The Morgan fingerprint density at radius 3 is 2.31 bits per heavy atom. The van der Waals surface area contributed by atoms with Gasteiger partial charge in [-0.25, -0.2) is 0 Å². The highest BCUT2D eigenvalue weighted by Crippen LogP contribution is 2.34. The van der Waals surface area contributed by atoms with E-state index in [0.29, 0.717) is 0 Å². The Morgan fingerprint density at radius 1 is 1.38 bits per heavy atom. The SMILES string of the molecule is O=C(O)CC(F)(F)c1cc(C(F)(F)F)[nH]n1. The van der Waals surface area contributed by atoms with Gasteiger partial charge in [-0.1, -0.05) is 0 Å². The standard InChI is InChI=1S/C7H5F5N2O2/c8-6(9,2-5(15)16)3-1-4(14-13-3)7(10,11)12/h1H,2H2,(H,13,14)(H,15,16). The number of halogens is 5. The largest absolute Gasteiger partial charge is 0.481 e. The molecule has 1 aromatic heterocycles. The average Bonchev–Trinajstić information content (AvgIpc) is 2.47. The Balaban J connectivity index is 2.97. The molecule has 0 unspecified atom stereocenters. The number of aromatic amines is 1. The van der Waals surface area contributed by atoms with Gasteiger partial charge in [0.15, 0.2) is 0 Å². The van der Waals surface area contributed by atoms with Crippen molar-refractivity contribution < 1.29 is 31.9 Å². The first-order valence-electron chi connectivity index (χ1n) is 3.85. The number of alkyl halides is 5. The molecule has 9 heteroatoms. The number of hydrogen-bond acceptors (Lipinski definition) is 2. The molecule has 0 saturated carbocycles. The van der Waals surface area contributed by atoms with E-state index in [1.807, 2.05) is 0 Å². The van der Waals surface area contributed by atoms with E-state index in [4.69, 9.17) is 5.11 Å². The first-order valence-corrected chi connectivity index (χ1v) is 3.85. The Kier molecular flexibility index (Phi) is 2.89. The van der Waals surface area contributed by atoms with E-state index in [2.05, 4.69) is 5.10 Å². The monoisotopic (exact) mass is 244 g/mol. The van der Waals surface area contributed by atoms with E-state index < -0.39 is 35.9 Å². The molecule has 0 saturated heterocycles. The lowest BCUT2D eigenvalue weighted by Gasteiger charge is -2.09. The maximum absolute atomic E-state index is 13.0. The maximum atomic E-state index is 13.0. The van der Waals surface area contributed by atoms with Gasteiger partial charge in [0.2, 0.25) is 0 Å². The van der Waals surface area contributed by atoms with Gasteiger partial charge < -0.3 is 5.11 Å². The lowest BCUT2D eigenvalue weighted by molar-refractivity contribution is -0.145. The van der Waals surface area contributed by atoms with Crippen molar-refractivity contribution in [2.75, 3.05) is 0 Å². The molecule has 16 heavy (non-hydrogen) atoms. The second kappa shape index (κ2) is 3.72. The van der Waals surface area contributed by atoms with Crippen molar-refractivity contribution in [3.63, 3.8) is 0 Å². The van der Waals surface area contributed by atoms with Crippen LogP contribution in [-0.4, -0.2) is 21.3 Å². The molecule has 0 bridgehead atoms. The fourth-order valence-electron chi connectivity index (χ4n) is 0.935. The number of nitrogens with zero attached hydrogens (tertiary/aromatic N) is 1. The van der Waals surface area contributed by atoms with Gasteiger partial charge in [0.1, 0.15) is 17.8 Å². The molecule has 0 aliphatic carbocycles. The van der Waals surface area contributed by atoms with Gasteiger partial charge in [-0.05, 0) is 6.07 Å². The number of aliphatic carboxylic acids is 1. The molecule has 4 nitrogen and oxygen atoms in total. The third kappa shape index (κ3) is 2.67. The second-order valence-electron chi connectivity index (χ2n) is 2.94. The Morgan fingerprint density at radius 2 is 1.94 bits per heavy atom. The van der Waals surface area contributed by atoms with Gasteiger partial charge in [0, 0.05) is 0 Å². The number of carboxylic acid groups (broad SMARTS) is 1. The lowest BCUT2D eigenvalue weighted by atomic mass is 10.1. The molecule has 0 spiro atoms. The van der Waals surface area contributed by atoms with Crippen molar-refractivity contribution in [1.29, 1.82) is 0 Å². The normalized spacial score (nSPS) is 12.8.